The van der Waals surface area contributed by atoms with Gasteiger partial charge in [0, 0.05) is 36.1 Å². The van der Waals surface area contributed by atoms with E-state index in [4.69, 9.17) is 9.47 Å². The van der Waals surface area contributed by atoms with Crippen LogP contribution in [0.4, 0.5) is 5.82 Å². The fourth-order valence-electron chi connectivity index (χ4n) is 4.03. The Morgan fingerprint density at radius 2 is 2.13 bits per heavy atom. The number of hydrogen-bond donors (Lipinski definition) is 1. The van der Waals surface area contributed by atoms with Gasteiger partial charge in [-0.1, -0.05) is 6.92 Å². The molecule has 1 N–H and O–H groups in total. The molecule has 1 unspecified atom stereocenters. The van der Waals surface area contributed by atoms with Gasteiger partial charge < -0.3 is 19.7 Å². The summed E-state index contributed by atoms with van der Waals surface area (Å²) in [4.78, 5) is 26.5. The van der Waals surface area contributed by atoms with Crippen LogP contribution in [-0.2, 0) is 17.8 Å². The molecule has 1 fully saturated rings. The van der Waals surface area contributed by atoms with Crippen molar-refractivity contribution in [3.8, 4) is 11.5 Å². The van der Waals surface area contributed by atoms with Gasteiger partial charge in [0.1, 0.15) is 28.5 Å². The van der Waals surface area contributed by atoms with Crippen molar-refractivity contribution in [3.05, 3.63) is 41.0 Å². The number of anilines is 1. The van der Waals surface area contributed by atoms with E-state index in [1.165, 1.54) is 4.88 Å². The summed E-state index contributed by atoms with van der Waals surface area (Å²) in [5, 5.41) is 4.18. The van der Waals surface area contributed by atoms with Crippen LogP contribution >= 0.6 is 11.3 Å². The molecule has 0 saturated carbocycles. The molecule has 0 bridgehead atoms. The molecular weight excluding hydrogens is 412 g/mol. The fraction of sp³-hybridized carbons (Fsp3) is 0.435. The molecule has 2 aromatic heterocycles. The number of rotatable bonds is 7. The Morgan fingerprint density at radius 1 is 1.26 bits per heavy atom. The lowest BCUT2D eigenvalue weighted by atomic mass is 9.96. The number of aromatic nitrogens is 2. The number of nitrogens with zero attached hydrogens (tertiary/aromatic N) is 3. The number of piperidine rings is 1. The van der Waals surface area contributed by atoms with Gasteiger partial charge in [-0.2, -0.15) is 0 Å². The third-order valence-electron chi connectivity index (χ3n) is 5.75. The summed E-state index contributed by atoms with van der Waals surface area (Å²) in [5.41, 5.74) is 0.923. The zero-order valence-corrected chi connectivity index (χ0v) is 19.0. The number of nitrogens with one attached hydrogen (secondary N) is 1. The first-order valence-corrected chi connectivity index (χ1v) is 11.4. The van der Waals surface area contributed by atoms with Crippen molar-refractivity contribution in [2.24, 2.45) is 5.92 Å². The maximum atomic E-state index is 13.0. The topological polar surface area (TPSA) is 76.6 Å². The van der Waals surface area contributed by atoms with Crippen LogP contribution in [0.5, 0.6) is 11.5 Å². The van der Waals surface area contributed by atoms with Crippen molar-refractivity contribution in [2.45, 2.75) is 32.7 Å². The summed E-state index contributed by atoms with van der Waals surface area (Å²) in [5.74, 6) is 2.36. The number of carbonyl (C=O) groups is 1. The van der Waals surface area contributed by atoms with Crippen molar-refractivity contribution in [3.63, 3.8) is 0 Å². The maximum absolute atomic E-state index is 13.0. The van der Waals surface area contributed by atoms with Gasteiger partial charge in [0.05, 0.1) is 25.5 Å². The predicted octanol–water partition coefficient (Wildman–Crippen LogP) is 3.80. The summed E-state index contributed by atoms with van der Waals surface area (Å²) in [6, 6.07) is 7.81. The first-order valence-electron chi connectivity index (χ1n) is 10.6. The highest BCUT2D eigenvalue weighted by Gasteiger charge is 2.28. The van der Waals surface area contributed by atoms with E-state index in [0.29, 0.717) is 18.8 Å². The van der Waals surface area contributed by atoms with E-state index >= 15 is 0 Å². The zero-order valence-electron chi connectivity index (χ0n) is 18.2. The monoisotopic (exact) mass is 440 g/mol. The van der Waals surface area contributed by atoms with Crippen molar-refractivity contribution < 1.29 is 14.3 Å². The third kappa shape index (κ3) is 4.58. The number of methoxy groups -OCH3 is 2. The van der Waals surface area contributed by atoms with E-state index < -0.39 is 0 Å². The molecule has 3 aromatic rings. The number of aryl methyl sites for hydroxylation is 1. The van der Waals surface area contributed by atoms with E-state index in [0.717, 1.165) is 53.2 Å². The van der Waals surface area contributed by atoms with Crippen LogP contribution in [0.25, 0.3) is 10.2 Å². The largest absolute Gasteiger partial charge is 0.497 e. The summed E-state index contributed by atoms with van der Waals surface area (Å²) < 4.78 is 10.7. The van der Waals surface area contributed by atoms with Crippen molar-refractivity contribution >= 4 is 33.3 Å². The van der Waals surface area contributed by atoms with Gasteiger partial charge in [-0.15, -0.1) is 11.3 Å². The second kappa shape index (κ2) is 9.51. The van der Waals surface area contributed by atoms with Gasteiger partial charge in [-0.3, -0.25) is 4.79 Å². The van der Waals surface area contributed by atoms with Crippen LogP contribution in [-0.4, -0.2) is 43.2 Å². The molecule has 31 heavy (non-hydrogen) atoms. The molecule has 1 amide bonds. The van der Waals surface area contributed by atoms with Crippen LogP contribution < -0.4 is 19.7 Å². The number of ether oxygens (including phenoxy) is 2. The van der Waals surface area contributed by atoms with Gasteiger partial charge in [-0.05, 0) is 37.5 Å². The second-order valence-electron chi connectivity index (χ2n) is 7.66. The first kappa shape index (κ1) is 21.4. The number of amides is 1. The molecule has 0 spiro atoms. The molecule has 8 heteroatoms. The average Bonchev–Trinajstić information content (AvgIpc) is 3.26. The molecule has 1 aliphatic rings. The summed E-state index contributed by atoms with van der Waals surface area (Å²) in [6.07, 6.45) is 4.45. The Balaban J connectivity index is 1.44. The standard InChI is InChI=1S/C23H28N4O3S/c1-4-18-11-19-21(25-14-26-23(19)31-18)27-9-5-6-16(13-27)22(28)24-12-15-7-8-17(29-2)10-20(15)30-3/h7-8,10-11,14,16H,4-6,9,12-13H2,1-3H3,(H,24,28). The minimum atomic E-state index is -0.0766. The molecule has 1 aromatic carbocycles. The number of carbonyl (C=O) groups excluding carboxylic acids is 1. The van der Waals surface area contributed by atoms with Crippen molar-refractivity contribution in [1.29, 1.82) is 0 Å². The third-order valence-corrected chi connectivity index (χ3v) is 6.93. The van der Waals surface area contributed by atoms with Crippen LogP contribution in [0.2, 0.25) is 0 Å². The number of thiophene rings is 1. The van der Waals surface area contributed by atoms with Gasteiger partial charge >= 0.3 is 0 Å². The quantitative estimate of drug-likeness (QED) is 0.602. The van der Waals surface area contributed by atoms with Gasteiger partial charge in [0.15, 0.2) is 0 Å². The number of hydrogen-bond acceptors (Lipinski definition) is 7. The Bertz CT molecular complexity index is 1070. The van der Waals surface area contributed by atoms with Crippen LogP contribution in [0, 0.1) is 5.92 Å². The molecule has 164 valence electrons. The highest BCUT2D eigenvalue weighted by molar-refractivity contribution is 7.18. The van der Waals surface area contributed by atoms with Gasteiger partial charge in [-0.25, -0.2) is 9.97 Å². The van der Waals surface area contributed by atoms with Crippen molar-refractivity contribution in [2.75, 3.05) is 32.2 Å². The minimum absolute atomic E-state index is 0.0624. The summed E-state index contributed by atoms with van der Waals surface area (Å²) in [6.45, 7) is 4.13. The molecule has 4 rings (SSSR count). The first-order chi connectivity index (χ1) is 15.1. The van der Waals surface area contributed by atoms with Crippen molar-refractivity contribution in [1.82, 2.24) is 15.3 Å². The molecule has 3 heterocycles. The SMILES string of the molecule is CCc1cc2c(N3CCCC(C(=O)NCc4ccc(OC)cc4OC)C3)ncnc2s1. The van der Waals surface area contributed by atoms with E-state index in [9.17, 15) is 4.79 Å². The zero-order chi connectivity index (χ0) is 21.8. The lowest BCUT2D eigenvalue weighted by Gasteiger charge is -2.33. The number of fused-ring (bicyclic) bond motifs is 1. The normalized spacial score (nSPS) is 16.4. The Labute approximate surface area is 186 Å². The minimum Gasteiger partial charge on any atom is -0.497 e. The molecule has 0 aliphatic carbocycles. The second-order valence-corrected chi connectivity index (χ2v) is 8.78. The molecule has 7 nitrogen and oxygen atoms in total. The summed E-state index contributed by atoms with van der Waals surface area (Å²) >= 11 is 1.72. The lowest BCUT2D eigenvalue weighted by molar-refractivity contribution is -0.125. The van der Waals surface area contributed by atoms with Crippen LogP contribution in [0.1, 0.15) is 30.2 Å². The molecule has 0 radical (unpaired) electrons. The van der Waals surface area contributed by atoms with Crippen LogP contribution in [0.3, 0.4) is 0 Å². The molecule has 1 atom stereocenters. The highest BCUT2D eigenvalue weighted by Crippen LogP contribution is 2.32. The smallest absolute Gasteiger partial charge is 0.225 e. The fourth-order valence-corrected chi connectivity index (χ4v) is 4.96. The lowest BCUT2D eigenvalue weighted by Crippen LogP contribution is -2.43. The van der Waals surface area contributed by atoms with Gasteiger partial charge in [0.25, 0.3) is 0 Å². The average molecular weight is 441 g/mol. The van der Waals surface area contributed by atoms with E-state index in [1.54, 1.807) is 31.9 Å². The number of benzene rings is 1. The summed E-state index contributed by atoms with van der Waals surface area (Å²) in [7, 11) is 3.24. The maximum Gasteiger partial charge on any atom is 0.225 e. The molecule has 1 aliphatic heterocycles. The molecular formula is C23H28N4O3S. The highest BCUT2D eigenvalue weighted by atomic mass is 32.1. The van der Waals surface area contributed by atoms with Crippen LogP contribution in [0.15, 0.2) is 30.6 Å². The van der Waals surface area contributed by atoms with E-state index in [2.05, 4.69) is 33.2 Å². The van der Waals surface area contributed by atoms with E-state index in [-0.39, 0.29) is 11.8 Å². The predicted molar refractivity (Wildman–Crippen MR) is 123 cm³/mol. The molecule has 1 saturated heterocycles. The Morgan fingerprint density at radius 3 is 2.90 bits per heavy atom. The van der Waals surface area contributed by atoms with Gasteiger partial charge in [0.2, 0.25) is 5.91 Å². The Hall–Kier alpha value is -2.87. The van der Waals surface area contributed by atoms with E-state index in [1.807, 2.05) is 18.2 Å². The Kier molecular flexibility index (Phi) is 6.56.